The molecule has 0 amide bonds. The van der Waals surface area contributed by atoms with Gasteiger partial charge in [0.2, 0.25) is 5.88 Å². The van der Waals surface area contributed by atoms with E-state index in [0.29, 0.717) is 6.54 Å². The molecule has 0 N–H and O–H groups in total. The fourth-order valence-electron chi connectivity index (χ4n) is 1.60. The summed E-state index contributed by atoms with van der Waals surface area (Å²) in [5, 5.41) is 0. The molecule has 1 heterocycles. The second kappa shape index (κ2) is 4.91. The van der Waals surface area contributed by atoms with Crippen LogP contribution in [0.4, 0.5) is 5.88 Å². The van der Waals surface area contributed by atoms with Gasteiger partial charge < -0.3 is 9.32 Å². The second-order valence-corrected chi connectivity index (χ2v) is 4.09. The molecule has 2 aromatic rings. The van der Waals surface area contributed by atoms with Gasteiger partial charge in [0.25, 0.3) is 5.56 Å². The first-order valence-corrected chi connectivity index (χ1v) is 5.54. The van der Waals surface area contributed by atoms with E-state index in [-0.39, 0.29) is 11.4 Å². The van der Waals surface area contributed by atoms with E-state index >= 15 is 0 Å². The maximum Gasteiger partial charge on any atom is 0.423 e. The Bertz CT molecular complexity index is 612. The Morgan fingerprint density at radius 1 is 1.22 bits per heavy atom. The third-order valence-corrected chi connectivity index (χ3v) is 2.68. The van der Waals surface area contributed by atoms with Crippen molar-refractivity contribution in [3.63, 3.8) is 0 Å². The van der Waals surface area contributed by atoms with Crippen molar-refractivity contribution in [1.82, 2.24) is 4.57 Å². The Balaban J connectivity index is 2.27. The van der Waals surface area contributed by atoms with E-state index in [9.17, 15) is 9.59 Å². The van der Waals surface area contributed by atoms with Crippen LogP contribution >= 0.6 is 0 Å². The van der Waals surface area contributed by atoms with Crippen molar-refractivity contribution in [3.8, 4) is 0 Å². The normalized spacial score (nSPS) is 10.3. The lowest BCUT2D eigenvalue weighted by atomic mass is 10.2. The molecule has 0 spiro atoms. The third-order valence-electron chi connectivity index (χ3n) is 2.68. The number of hydrogen-bond acceptors (Lipinski definition) is 4. The summed E-state index contributed by atoms with van der Waals surface area (Å²) in [5.74, 6) is -0.385. The molecule has 18 heavy (non-hydrogen) atoms. The molecule has 0 atom stereocenters. The van der Waals surface area contributed by atoms with Crippen molar-refractivity contribution in [2.24, 2.45) is 7.05 Å². The lowest BCUT2D eigenvalue weighted by Gasteiger charge is -2.16. The van der Waals surface area contributed by atoms with Crippen LogP contribution in [-0.2, 0) is 13.6 Å². The molecule has 0 saturated heterocycles. The molecule has 1 aromatic carbocycles. The third kappa shape index (κ3) is 2.51. The number of anilines is 1. The van der Waals surface area contributed by atoms with Crippen molar-refractivity contribution in [2.75, 3.05) is 11.9 Å². The highest BCUT2D eigenvalue weighted by Crippen LogP contribution is 2.11. The summed E-state index contributed by atoms with van der Waals surface area (Å²) < 4.78 is 5.99. The van der Waals surface area contributed by atoms with E-state index in [0.717, 1.165) is 10.1 Å². The Kier molecular flexibility index (Phi) is 3.32. The van der Waals surface area contributed by atoms with Gasteiger partial charge in [0.1, 0.15) is 0 Å². The zero-order valence-electron chi connectivity index (χ0n) is 10.3. The maximum absolute atomic E-state index is 11.5. The van der Waals surface area contributed by atoms with Gasteiger partial charge >= 0.3 is 5.76 Å². The van der Waals surface area contributed by atoms with E-state index in [1.807, 2.05) is 30.3 Å². The van der Waals surface area contributed by atoms with Crippen LogP contribution in [0.3, 0.4) is 0 Å². The Labute approximate surface area is 104 Å². The highest BCUT2D eigenvalue weighted by molar-refractivity contribution is 5.33. The monoisotopic (exact) mass is 246 g/mol. The first-order chi connectivity index (χ1) is 8.58. The molecule has 5 heteroatoms. The first kappa shape index (κ1) is 12.2. The minimum atomic E-state index is -0.655. The molecule has 0 aliphatic heterocycles. The smallest absolute Gasteiger partial charge is 0.393 e. The molecule has 94 valence electrons. The average molecular weight is 246 g/mol. The summed E-state index contributed by atoms with van der Waals surface area (Å²) in [4.78, 5) is 24.6. The van der Waals surface area contributed by atoms with E-state index < -0.39 is 5.76 Å². The lowest BCUT2D eigenvalue weighted by Crippen LogP contribution is -2.31. The molecular formula is C13H14N2O3. The largest absolute Gasteiger partial charge is 0.423 e. The van der Waals surface area contributed by atoms with Gasteiger partial charge in [0.15, 0.2) is 0 Å². The Morgan fingerprint density at radius 3 is 2.50 bits per heavy atom. The molecular weight excluding hydrogens is 232 g/mol. The van der Waals surface area contributed by atoms with Crippen molar-refractivity contribution in [3.05, 3.63) is 62.9 Å². The SMILES string of the molecule is CN(Cc1ccccc1)c1cc(=O)n(C)c(=O)o1. The number of aromatic nitrogens is 1. The molecule has 0 saturated carbocycles. The van der Waals surface area contributed by atoms with Crippen LogP contribution in [-0.4, -0.2) is 11.6 Å². The Morgan fingerprint density at radius 2 is 1.89 bits per heavy atom. The molecule has 0 aliphatic rings. The van der Waals surface area contributed by atoms with Crippen LogP contribution in [0, 0.1) is 0 Å². The van der Waals surface area contributed by atoms with Crippen molar-refractivity contribution in [2.45, 2.75) is 6.54 Å². The summed E-state index contributed by atoms with van der Waals surface area (Å²) in [6.07, 6.45) is 0. The van der Waals surface area contributed by atoms with Crippen LogP contribution < -0.4 is 16.2 Å². The molecule has 0 radical (unpaired) electrons. The van der Waals surface area contributed by atoms with Gasteiger partial charge in [-0.2, -0.15) is 0 Å². The molecule has 0 aliphatic carbocycles. The van der Waals surface area contributed by atoms with Crippen LogP contribution in [0.1, 0.15) is 5.56 Å². The standard InChI is InChI=1S/C13H14N2O3/c1-14(9-10-6-4-3-5-7-10)12-8-11(16)15(2)13(17)18-12/h3-8H,9H2,1-2H3. The second-order valence-electron chi connectivity index (χ2n) is 4.09. The number of nitrogens with zero attached hydrogens (tertiary/aromatic N) is 2. The van der Waals surface area contributed by atoms with E-state index in [1.165, 1.54) is 13.1 Å². The topological polar surface area (TPSA) is 55.5 Å². The summed E-state index contributed by atoms with van der Waals surface area (Å²) >= 11 is 0. The Hall–Kier alpha value is -2.30. The highest BCUT2D eigenvalue weighted by Gasteiger charge is 2.08. The van der Waals surface area contributed by atoms with E-state index in [4.69, 9.17) is 4.42 Å². The zero-order valence-corrected chi connectivity index (χ0v) is 10.3. The highest BCUT2D eigenvalue weighted by atomic mass is 16.4. The van der Waals surface area contributed by atoms with Gasteiger partial charge in [0.05, 0.1) is 6.07 Å². The maximum atomic E-state index is 11.5. The zero-order chi connectivity index (χ0) is 13.1. The fourth-order valence-corrected chi connectivity index (χ4v) is 1.60. The van der Waals surface area contributed by atoms with Crippen LogP contribution in [0.2, 0.25) is 0 Å². The van der Waals surface area contributed by atoms with Gasteiger partial charge in [-0.3, -0.25) is 4.79 Å². The molecule has 0 fully saturated rings. The lowest BCUT2D eigenvalue weighted by molar-refractivity contribution is 0.440. The van der Waals surface area contributed by atoms with Gasteiger partial charge in [-0.1, -0.05) is 30.3 Å². The summed E-state index contributed by atoms with van der Waals surface area (Å²) in [5.41, 5.74) is 0.699. The molecule has 2 rings (SSSR count). The fraction of sp³-hybridized carbons (Fsp3) is 0.231. The van der Waals surface area contributed by atoms with Gasteiger partial charge in [0, 0.05) is 20.6 Å². The van der Waals surface area contributed by atoms with Gasteiger partial charge in [-0.25, -0.2) is 9.36 Å². The van der Waals surface area contributed by atoms with E-state index in [2.05, 4.69) is 0 Å². The van der Waals surface area contributed by atoms with Crippen molar-refractivity contribution in [1.29, 1.82) is 0 Å². The minimum absolute atomic E-state index is 0.270. The summed E-state index contributed by atoms with van der Waals surface area (Å²) in [6.45, 7) is 0.566. The quantitative estimate of drug-likeness (QED) is 0.810. The number of rotatable bonds is 3. The molecule has 0 bridgehead atoms. The first-order valence-electron chi connectivity index (χ1n) is 5.54. The molecule has 0 unspecified atom stereocenters. The van der Waals surface area contributed by atoms with Crippen molar-refractivity contribution < 1.29 is 4.42 Å². The number of benzene rings is 1. The van der Waals surface area contributed by atoms with E-state index in [1.54, 1.807) is 11.9 Å². The van der Waals surface area contributed by atoms with Crippen LogP contribution in [0.25, 0.3) is 0 Å². The predicted molar refractivity (Wildman–Crippen MR) is 68.8 cm³/mol. The van der Waals surface area contributed by atoms with Crippen LogP contribution in [0.5, 0.6) is 0 Å². The molecule has 1 aromatic heterocycles. The van der Waals surface area contributed by atoms with Crippen LogP contribution in [0.15, 0.2) is 50.4 Å². The molecule has 5 nitrogen and oxygen atoms in total. The summed E-state index contributed by atoms with van der Waals surface area (Å²) in [7, 11) is 3.15. The van der Waals surface area contributed by atoms with Gasteiger partial charge in [-0.15, -0.1) is 0 Å². The predicted octanol–water partition coefficient (Wildman–Crippen LogP) is 0.975. The van der Waals surface area contributed by atoms with Gasteiger partial charge in [-0.05, 0) is 5.56 Å². The minimum Gasteiger partial charge on any atom is -0.393 e. The average Bonchev–Trinajstić information content (AvgIpc) is 2.36. The summed E-state index contributed by atoms with van der Waals surface area (Å²) in [6, 6.07) is 11.0. The number of hydrogen-bond donors (Lipinski definition) is 0. The van der Waals surface area contributed by atoms with Crippen molar-refractivity contribution >= 4 is 5.88 Å².